The number of aromatic amines is 1. The van der Waals surface area contributed by atoms with E-state index >= 15 is 0 Å². The van der Waals surface area contributed by atoms with Crippen LogP contribution in [0.5, 0.6) is 0 Å². The van der Waals surface area contributed by atoms with Crippen LogP contribution in [0.1, 0.15) is 5.56 Å². The van der Waals surface area contributed by atoms with Gasteiger partial charge in [-0.25, -0.2) is 5.43 Å². The maximum Gasteiger partial charge on any atom is 0.279 e. The molecule has 0 saturated carbocycles. The van der Waals surface area contributed by atoms with Crippen LogP contribution in [0, 0.1) is 0 Å². The number of halogens is 1. The molecule has 0 aliphatic rings. The summed E-state index contributed by atoms with van der Waals surface area (Å²) in [4.78, 5) is 14.7. The molecule has 114 valence electrons. The lowest BCUT2D eigenvalue weighted by Gasteiger charge is -2.01. The molecule has 0 amide bonds. The van der Waals surface area contributed by atoms with E-state index in [0.29, 0.717) is 5.56 Å². The molecule has 23 heavy (non-hydrogen) atoms. The Balaban J connectivity index is 1.77. The molecule has 2 aromatic carbocycles. The van der Waals surface area contributed by atoms with Crippen molar-refractivity contribution in [3.05, 3.63) is 75.0 Å². The van der Waals surface area contributed by atoms with Crippen molar-refractivity contribution in [2.75, 3.05) is 5.43 Å². The molecule has 0 aliphatic heterocycles. The van der Waals surface area contributed by atoms with Crippen molar-refractivity contribution >= 4 is 28.1 Å². The third-order valence-corrected chi connectivity index (χ3v) is 3.75. The molecule has 1 aromatic heterocycles. The van der Waals surface area contributed by atoms with Crippen molar-refractivity contribution in [2.45, 2.75) is 0 Å². The van der Waals surface area contributed by atoms with Crippen molar-refractivity contribution in [1.29, 1.82) is 0 Å². The molecule has 3 rings (SSSR count). The molecule has 7 heteroatoms. The van der Waals surface area contributed by atoms with Gasteiger partial charge in [0.1, 0.15) is 0 Å². The summed E-state index contributed by atoms with van der Waals surface area (Å²) in [5.74, 6) is 0.179. The van der Waals surface area contributed by atoms with Gasteiger partial charge in [0.05, 0.1) is 6.21 Å². The van der Waals surface area contributed by atoms with Crippen molar-refractivity contribution in [3.8, 4) is 11.3 Å². The predicted octanol–water partition coefficient (Wildman–Crippen LogP) is 3.04. The van der Waals surface area contributed by atoms with E-state index < -0.39 is 0 Å². The number of rotatable bonds is 4. The largest absolute Gasteiger partial charge is 0.288 e. The lowest BCUT2D eigenvalue weighted by molar-refractivity contribution is 0.947. The van der Waals surface area contributed by atoms with Crippen molar-refractivity contribution < 1.29 is 0 Å². The van der Waals surface area contributed by atoms with Gasteiger partial charge in [0.2, 0.25) is 5.95 Å². The first kappa shape index (κ1) is 15.1. The van der Waals surface area contributed by atoms with Crippen LogP contribution >= 0.6 is 15.9 Å². The number of hydrogen-bond acceptors (Lipinski definition) is 5. The lowest BCUT2D eigenvalue weighted by atomic mass is 10.2. The van der Waals surface area contributed by atoms with E-state index in [9.17, 15) is 4.79 Å². The Morgan fingerprint density at radius 1 is 1.04 bits per heavy atom. The summed E-state index contributed by atoms with van der Waals surface area (Å²) in [6.45, 7) is 0. The SMILES string of the molecule is O=c1[nH]c(N/N=C/c2ccccc2Br)nnc1-c1ccccc1. The van der Waals surface area contributed by atoms with Gasteiger partial charge in [0, 0.05) is 15.6 Å². The highest BCUT2D eigenvalue weighted by atomic mass is 79.9. The van der Waals surface area contributed by atoms with Crippen LogP contribution in [0.4, 0.5) is 5.95 Å². The lowest BCUT2D eigenvalue weighted by Crippen LogP contribution is -2.15. The van der Waals surface area contributed by atoms with Crippen LogP contribution in [-0.4, -0.2) is 21.4 Å². The number of nitrogens with one attached hydrogen (secondary N) is 2. The first-order chi connectivity index (χ1) is 11.2. The Morgan fingerprint density at radius 2 is 1.78 bits per heavy atom. The number of hydrazone groups is 1. The van der Waals surface area contributed by atoms with Gasteiger partial charge < -0.3 is 0 Å². The normalized spacial score (nSPS) is 10.8. The van der Waals surface area contributed by atoms with Gasteiger partial charge in [-0.3, -0.25) is 9.78 Å². The maximum atomic E-state index is 12.1. The summed E-state index contributed by atoms with van der Waals surface area (Å²) in [5, 5.41) is 11.9. The van der Waals surface area contributed by atoms with Gasteiger partial charge in [0.25, 0.3) is 5.56 Å². The fourth-order valence-corrected chi connectivity index (χ4v) is 2.30. The Labute approximate surface area is 140 Å². The molecule has 0 spiro atoms. The Hall–Kier alpha value is -2.80. The predicted molar refractivity (Wildman–Crippen MR) is 93.4 cm³/mol. The fourth-order valence-electron chi connectivity index (χ4n) is 1.92. The second-order valence-electron chi connectivity index (χ2n) is 4.61. The van der Waals surface area contributed by atoms with Crippen LogP contribution in [0.2, 0.25) is 0 Å². The fraction of sp³-hybridized carbons (Fsp3) is 0. The molecular weight excluding hydrogens is 358 g/mol. The molecule has 0 unspecified atom stereocenters. The molecule has 0 bridgehead atoms. The summed E-state index contributed by atoms with van der Waals surface area (Å²) in [5.41, 5.74) is 4.21. The van der Waals surface area contributed by atoms with E-state index in [1.807, 2.05) is 42.5 Å². The van der Waals surface area contributed by atoms with Crippen molar-refractivity contribution in [1.82, 2.24) is 15.2 Å². The first-order valence-electron chi connectivity index (χ1n) is 6.80. The smallest absolute Gasteiger partial charge is 0.279 e. The third-order valence-electron chi connectivity index (χ3n) is 3.02. The van der Waals surface area contributed by atoms with Crippen molar-refractivity contribution in [3.63, 3.8) is 0 Å². The monoisotopic (exact) mass is 369 g/mol. The van der Waals surface area contributed by atoms with E-state index in [2.05, 4.69) is 41.6 Å². The zero-order chi connectivity index (χ0) is 16.1. The molecule has 0 saturated heterocycles. The van der Waals surface area contributed by atoms with Crippen LogP contribution in [-0.2, 0) is 0 Å². The Kier molecular flexibility index (Phi) is 4.58. The Bertz CT molecular complexity index is 892. The molecule has 0 radical (unpaired) electrons. The quantitative estimate of drug-likeness (QED) is 0.546. The molecular formula is C16H12BrN5O. The van der Waals surface area contributed by atoms with Crippen LogP contribution in [0.25, 0.3) is 11.3 Å². The molecule has 1 heterocycles. The summed E-state index contributed by atoms with van der Waals surface area (Å²) >= 11 is 3.42. The minimum absolute atomic E-state index is 0.179. The summed E-state index contributed by atoms with van der Waals surface area (Å²) in [6.07, 6.45) is 1.62. The molecule has 3 aromatic rings. The Morgan fingerprint density at radius 3 is 2.52 bits per heavy atom. The zero-order valence-corrected chi connectivity index (χ0v) is 13.5. The second kappa shape index (κ2) is 6.97. The highest BCUT2D eigenvalue weighted by Crippen LogP contribution is 2.13. The van der Waals surface area contributed by atoms with Gasteiger partial charge in [-0.05, 0) is 6.07 Å². The minimum Gasteiger partial charge on any atom is -0.288 e. The van der Waals surface area contributed by atoms with Crippen molar-refractivity contribution in [2.24, 2.45) is 5.10 Å². The van der Waals surface area contributed by atoms with Gasteiger partial charge in [-0.1, -0.05) is 64.5 Å². The number of H-pyrrole nitrogens is 1. The molecule has 0 atom stereocenters. The number of benzene rings is 2. The van der Waals surface area contributed by atoms with E-state index in [1.165, 1.54) is 0 Å². The average Bonchev–Trinajstić information content (AvgIpc) is 2.57. The van der Waals surface area contributed by atoms with Gasteiger partial charge >= 0.3 is 0 Å². The summed E-state index contributed by atoms with van der Waals surface area (Å²) in [7, 11) is 0. The molecule has 6 nitrogen and oxygen atoms in total. The number of anilines is 1. The van der Waals surface area contributed by atoms with E-state index in [0.717, 1.165) is 10.0 Å². The third kappa shape index (κ3) is 3.70. The minimum atomic E-state index is -0.329. The highest BCUT2D eigenvalue weighted by Gasteiger charge is 2.06. The van der Waals surface area contributed by atoms with Crippen LogP contribution in [0.3, 0.4) is 0 Å². The first-order valence-corrected chi connectivity index (χ1v) is 7.59. The maximum absolute atomic E-state index is 12.1. The number of aromatic nitrogens is 3. The van der Waals surface area contributed by atoms with E-state index in [1.54, 1.807) is 18.3 Å². The standard InChI is InChI=1S/C16H12BrN5O/c17-13-9-5-4-8-12(13)10-18-21-16-19-15(23)14(20-22-16)11-6-2-1-3-7-11/h1-10H,(H2,19,21,22,23)/b18-10+. The zero-order valence-electron chi connectivity index (χ0n) is 11.9. The topological polar surface area (TPSA) is 83.0 Å². The molecule has 0 aliphatic carbocycles. The highest BCUT2D eigenvalue weighted by molar-refractivity contribution is 9.10. The van der Waals surface area contributed by atoms with Gasteiger partial charge in [0.15, 0.2) is 5.69 Å². The van der Waals surface area contributed by atoms with Crippen LogP contribution < -0.4 is 11.0 Å². The second-order valence-corrected chi connectivity index (χ2v) is 5.46. The molecule has 0 fully saturated rings. The number of nitrogens with zero attached hydrogens (tertiary/aromatic N) is 3. The van der Waals surface area contributed by atoms with Crippen LogP contribution in [0.15, 0.2) is 69.0 Å². The van der Waals surface area contributed by atoms with E-state index in [4.69, 9.17) is 0 Å². The summed E-state index contributed by atoms with van der Waals surface area (Å²) in [6, 6.07) is 16.8. The molecule has 2 N–H and O–H groups in total. The number of hydrogen-bond donors (Lipinski definition) is 2. The summed E-state index contributed by atoms with van der Waals surface area (Å²) < 4.78 is 0.921. The van der Waals surface area contributed by atoms with Gasteiger partial charge in [-0.15, -0.1) is 10.2 Å². The average molecular weight is 370 g/mol. The van der Waals surface area contributed by atoms with E-state index in [-0.39, 0.29) is 17.2 Å². The van der Waals surface area contributed by atoms with Gasteiger partial charge in [-0.2, -0.15) is 5.10 Å².